The molecule has 0 aromatic carbocycles. The van der Waals surface area contributed by atoms with Crippen molar-refractivity contribution in [3.05, 3.63) is 28.5 Å². The Morgan fingerprint density at radius 2 is 2.26 bits per heavy atom. The monoisotopic (exact) mass is 325 g/mol. The van der Waals surface area contributed by atoms with Gasteiger partial charge in [-0.25, -0.2) is 0 Å². The fraction of sp³-hybridized carbons (Fsp3) is 0.667. The van der Waals surface area contributed by atoms with E-state index in [2.05, 4.69) is 58.0 Å². The summed E-state index contributed by atoms with van der Waals surface area (Å²) in [5.74, 6) is 0.672. The molecule has 0 saturated carbocycles. The number of hydrogen-bond donors (Lipinski definition) is 1. The van der Waals surface area contributed by atoms with E-state index in [1.54, 1.807) is 0 Å². The predicted octanol–water partition coefficient (Wildman–Crippen LogP) is 3.05. The van der Waals surface area contributed by atoms with Crippen molar-refractivity contribution >= 4 is 15.9 Å². The summed E-state index contributed by atoms with van der Waals surface area (Å²) in [6, 6.07) is 3.41. The molecule has 3 nitrogen and oxygen atoms in total. The number of nitrogens with one attached hydrogen (secondary N) is 1. The second kappa shape index (κ2) is 6.82. The van der Waals surface area contributed by atoms with Crippen LogP contribution in [0.15, 0.2) is 22.9 Å². The second-order valence-corrected chi connectivity index (χ2v) is 6.68. The van der Waals surface area contributed by atoms with Gasteiger partial charge in [-0.1, -0.05) is 20.8 Å². The van der Waals surface area contributed by atoms with Crippen LogP contribution in [0.25, 0.3) is 0 Å². The van der Waals surface area contributed by atoms with Crippen molar-refractivity contribution in [2.45, 2.75) is 45.8 Å². The molecule has 2 rings (SSSR count). The van der Waals surface area contributed by atoms with E-state index in [0.29, 0.717) is 18.0 Å². The molecule has 1 aromatic heterocycles. The minimum absolute atomic E-state index is 0.613. The Morgan fingerprint density at radius 3 is 2.89 bits per heavy atom. The molecule has 2 atom stereocenters. The van der Waals surface area contributed by atoms with Crippen molar-refractivity contribution in [1.29, 1.82) is 0 Å². The number of aromatic nitrogens is 1. The number of rotatable bonds is 4. The number of pyridine rings is 1. The van der Waals surface area contributed by atoms with Crippen LogP contribution in [-0.2, 0) is 6.54 Å². The van der Waals surface area contributed by atoms with Crippen LogP contribution in [0, 0.1) is 5.92 Å². The fourth-order valence-electron chi connectivity index (χ4n) is 2.79. The summed E-state index contributed by atoms with van der Waals surface area (Å²) in [6.07, 6.45) is 5.01. The number of nitrogens with zero attached hydrogens (tertiary/aromatic N) is 2. The molecule has 1 aromatic rings. The zero-order valence-electron chi connectivity index (χ0n) is 12.1. The van der Waals surface area contributed by atoms with Gasteiger partial charge in [0.1, 0.15) is 0 Å². The summed E-state index contributed by atoms with van der Waals surface area (Å²) < 4.78 is 1.06. The van der Waals surface area contributed by atoms with E-state index in [-0.39, 0.29) is 0 Å². The van der Waals surface area contributed by atoms with Gasteiger partial charge in [0.15, 0.2) is 0 Å². The first-order valence-electron chi connectivity index (χ1n) is 7.17. The SMILES string of the molecule is CCC1CN(Cc2cncc(Br)c2)C(C(C)C)CN1. The summed E-state index contributed by atoms with van der Waals surface area (Å²) >= 11 is 3.50. The Morgan fingerprint density at radius 1 is 1.47 bits per heavy atom. The van der Waals surface area contributed by atoms with E-state index in [0.717, 1.165) is 24.1 Å². The third-order valence-electron chi connectivity index (χ3n) is 3.95. The fourth-order valence-corrected chi connectivity index (χ4v) is 3.20. The largest absolute Gasteiger partial charge is 0.311 e. The van der Waals surface area contributed by atoms with Gasteiger partial charge in [-0.05, 0) is 39.9 Å². The van der Waals surface area contributed by atoms with Gasteiger partial charge in [0.05, 0.1) is 0 Å². The molecule has 106 valence electrons. The van der Waals surface area contributed by atoms with Gasteiger partial charge in [0.2, 0.25) is 0 Å². The molecule has 1 aliphatic rings. The van der Waals surface area contributed by atoms with Crippen LogP contribution in [0.2, 0.25) is 0 Å². The molecule has 0 aliphatic carbocycles. The molecule has 0 spiro atoms. The Kier molecular flexibility index (Phi) is 5.37. The summed E-state index contributed by atoms with van der Waals surface area (Å²) in [4.78, 5) is 6.88. The predicted molar refractivity (Wildman–Crippen MR) is 83.1 cm³/mol. The maximum absolute atomic E-state index is 4.27. The summed E-state index contributed by atoms with van der Waals surface area (Å²) in [7, 11) is 0. The number of halogens is 1. The average Bonchev–Trinajstić information content (AvgIpc) is 2.38. The molecule has 1 aliphatic heterocycles. The number of piperazine rings is 1. The van der Waals surface area contributed by atoms with Gasteiger partial charge < -0.3 is 5.32 Å². The smallest absolute Gasteiger partial charge is 0.0410 e. The zero-order valence-corrected chi connectivity index (χ0v) is 13.7. The standard InChI is InChI=1S/C15H24BrN3/c1-4-14-10-19(15(8-18-14)11(2)3)9-12-5-13(16)7-17-6-12/h5-7,11,14-15,18H,4,8-10H2,1-3H3. The first-order chi connectivity index (χ1) is 9.10. The van der Waals surface area contributed by atoms with Gasteiger partial charge >= 0.3 is 0 Å². The highest BCUT2D eigenvalue weighted by Crippen LogP contribution is 2.20. The molecule has 1 N–H and O–H groups in total. The van der Waals surface area contributed by atoms with Gasteiger partial charge in [0, 0.05) is 48.6 Å². The summed E-state index contributed by atoms with van der Waals surface area (Å²) in [5.41, 5.74) is 1.29. The molecule has 19 heavy (non-hydrogen) atoms. The van der Waals surface area contributed by atoms with Crippen molar-refractivity contribution in [1.82, 2.24) is 15.2 Å². The normalized spacial score (nSPS) is 24.9. The molecule has 1 saturated heterocycles. The van der Waals surface area contributed by atoms with Crippen LogP contribution in [0.5, 0.6) is 0 Å². The van der Waals surface area contributed by atoms with Crippen LogP contribution in [0.4, 0.5) is 0 Å². The van der Waals surface area contributed by atoms with Crippen LogP contribution in [0.3, 0.4) is 0 Å². The molecule has 2 unspecified atom stereocenters. The summed E-state index contributed by atoms with van der Waals surface area (Å²) in [6.45, 7) is 10.1. The van der Waals surface area contributed by atoms with Crippen LogP contribution >= 0.6 is 15.9 Å². The Bertz CT molecular complexity index is 408. The highest BCUT2D eigenvalue weighted by atomic mass is 79.9. The Labute approximate surface area is 124 Å². The van der Waals surface area contributed by atoms with Gasteiger partial charge in [-0.2, -0.15) is 0 Å². The van der Waals surface area contributed by atoms with E-state index >= 15 is 0 Å². The topological polar surface area (TPSA) is 28.2 Å². The van der Waals surface area contributed by atoms with Crippen molar-refractivity contribution < 1.29 is 0 Å². The highest BCUT2D eigenvalue weighted by Gasteiger charge is 2.28. The minimum Gasteiger partial charge on any atom is -0.311 e. The molecular weight excluding hydrogens is 302 g/mol. The van der Waals surface area contributed by atoms with Crippen molar-refractivity contribution in [3.63, 3.8) is 0 Å². The van der Waals surface area contributed by atoms with E-state index in [1.807, 2.05) is 12.4 Å². The second-order valence-electron chi connectivity index (χ2n) is 5.77. The lowest BCUT2D eigenvalue weighted by atomic mass is 9.97. The lowest BCUT2D eigenvalue weighted by molar-refractivity contribution is 0.0899. The zero-order chi connectivity index (χ0) is 13.8. The van der Waals surface area contributed by atoms with E-state index in [9.17, 15) is 0 Å². The molecule has 1 fully saturated rings. The molecular formula is C15H24BrN3. The van der Waals surface area contributed by atoms with E-state index in [4.69, 9.17) is 0 Å². The molecule has 2 heterocycles. The maximum Gasteiger partial charge on any atom is 0.0410 e. The minimum atomic E-state index is 0.613. The van der Waals surface area contributed by atoms with Crippen LogP contribution in [0.1, 0.15) is 32.8 Å². The molecule has 4 heteroatoms. The lowest BCUT2D eigenvalue weighted by Crippen LogP contribution is -2.57. The number of hydrogen-bond acceptors (Lipinski definition) is 3. The molecule has 0 radical (unpaired) electrons. The van der Waals surface area contributed by atoms with Crippen LogP contribution in [-0.4, -0.2) is 35.1 Å². The Balaban J connectivity index is 2.09. The van der Waals surface area contributed by atoms with Crippen molar-refractivity contribution in [3.8, 4) is 0 Å². The Hall–Kier alpha value is -0.450. The first-order valence-corrected chi connectivity index (χ1v) is 7.96. The van der Waals surface area contributed by atoms with E-state index < -0.39 is 0 Å². The van der Waals surface area contributed by atoms with Gasteiger partial charge in [0.25, 0.3) is 0 Å². The van der Waals surface area contributed by atoms with Gasteiger partial charge in [-0.15, -0.1) is 0 Å². The first kappa shape index (κ1) is 14.9. The highest BCUT2D eigenvalue weighted by molar-refractivity contribution is 9.10. The van der Waals surface area contributed by atoms with Gasteiger partial charge in [-0.3, -0.25) is 9.88 Å². The average molecular weight is 326 g/mol. The molecule has 0 bridgehead atoms. The summed E-state index contributed by atoms with van der Waals surface area (Å²) in [5, 5.41) is 3.66. The van der Waals surface area contributed by atoms with Crippen LogP contribution < -0.4 is 5.32 Å². The van der Waals surface area contributed by atoms with Crippen molar-refractivity contribution in [2.75, 3.05) is 13.1 Å². The van der Waals surface area contributed by atoms with Crippen molar-refractivity contribution in [2.24, 2.45) is 5.92 Å². The van der Waals surface area contributed by atoms with E-state index in [1.165, 1.54) is 12.0 Å². The molecule has 0 amide bonds. The quantitative estimate of drug-likeness (QED) is 0.922. The third-order valence-corrected chi connectivity index (χ3v) is 4.38. The third kappa shape index (κ3) is 4.01. The lowest BCUT2D eigenvalue weighted by Gasteiger charge is -2.42. The maximum atomic E-state index is 4.27.